The predicted octanol–water partition coefficient (Wildman–Crippen LogP) is 3.59. The van der Waals surface area contributed by atoms with Crippen LogP contribution in [0.25, 0.3) is 21.9 Å². The lowest BCUT2D eigenvalue weighted by Crippen LogP contribution is -2.00. The molecule has 0 radical (unpaired) electrons. The standard InChI is InChI=1S/C13H2Cl2N2O3/c14-6-1-2-7(15)11-10(6)12-9(13(18)20-11)5(3-16)8(4-17)19-12/h1-2H. The normalized spacial score (nSPS) is 10.6. The van der Waals surface area contributed by atoms with Gasteiger partial charge in [-0.2, -0.15) is 10.5 Å². The van der Waals surface area contributed by atoms with Gasteiger partial charge in [-0.15, -0.1) is 0 Å². The first kappa shape index (κ1) is 12.6. The van der Waals surface area contributed by atoms with Gasteiger partial charge in [0.15, 0.2) is 11.2 Å². The number of hydrogen-bond acceptors (Lipinski definition) is 5. The number of nitrogens with zero attached hydrogens (tertiary/aromatic N) is 2. The van der Waals surface area contributed by atoms with Crippen molar-refractivity contribution in [2.75, 3.05) is 0 Å². The number of halogens is 2. The maximum atomic E-state index is 12.0. The quantitative estimate of drug-likeness (QED) is 0.592. The summed E-state index contributed by atoms with van der Waals surface area (Å²) in [6.45, 7) is 0. The molecule has 0 aliphatic carbocycles. The smallest absolute Gasteiger partial charge is 0.348 e. The van der Waals surface area contributed by atoms with E-state index in [2.05, 4.69) is 0 Å². The molecule has 0 saturated carbocycles. The lowest BCUT2D eigenvalue weighted by Gasteiger charge is -2.01. The Hall–Kier alpha value is -2.47. The van der Waals surface area contributed by atoms with Crippen LogP contribution in [0.1, 0.15) is 11.3 Å². The van der Waals surface area contributed by atoms with Gasteiger partial charge in [0.2, 0.25) is 5.76 Å². The third kappa shape index (κ3) is 1.51. The molecule has 0 aliphatic rings. The topological polar surface area (TPSA) is 90.9 Å². The van der Waals surface area contributed by atoms with E-state index in [-0.39, 0.29) is 43.3 Å². The van der Waals surface area contributed by atoms with Crippen LogP contribution >= 0.6 is 23.2 Å². The summed E-state index contributed by atoms with van der Waals surface area (Å²) < 4.78 is 10.4. The Morgan fingerprint density at radius 3 is 2.30 bits per heavy atom. The van der Waals surface area contributed by atoms with Gasteiger partial charge in [-0.3, -0.25) is 0 Å². The van der Waals surface area contributed by atoms with Gasteiger partial charge in [-0.25, -0.2) is 4.79 Å². The molecule has 0 saturated heterocycles. The first-order valence-electron chi connectivity index (χ1n) is 5.26. The molecule has 5 nitrogen and oxygen atoms in total. The van der Waals surface area contributed by atoms with Gasteiger partial charge in [0.1, 0.15) is 23.1 Å². The molecule has 0 atom stereocenters. The Balaban J connectivity index is 2.74. The predicted molar refractivity (Wildman–Crippen MR) is 71.7 cm³/mol. The second-order valence-electron chi connectivity index (χ2n) is 3.86. The van der Waals surface area contributed by atoms with Crippen molar-refractivity contribution in [2.45, 2.75) is 0 Å². The second-order valence-corrected chi connectivity index (χ2v) is 4.67. The minimum Gasteiger partial charge on any atom is -0.443 e. The molecule has 2 aromatic heterocycles. The molecular weight excluding hydrogens is 303 g/mol. The van der Waals surface area contributed by atoms with E-state index >= 15 is 0 Å². The van der Waals surface area contributed by atoms with Crippen LogP contribution in [-0.4, -0.2) is 0 Å². The van der Waals surface area contributed by atoms with Crippen molar-refractivity contribution in [2.24, 2.45) is 0 Å². The Kier molecular flexibility index (Phi) is 2.69. The number of nitriles is 2. The van der Waals surface area contributed by atoms with E-state index in [1.54, 1.807) is 12.1 Å². The van der Waals surface area contributed by atoms with Crippen molar-refractivity contribution < 1.29 is 8.83 Å². The molecule has 20 heavy (non-hydrogen) atoms. The fourth-order valence-corrected chi connectivity index (χ4v) is 2.41. The second kappa shape index (κ2) is 4.28. The van der Waals surface area contributed by atoms with E-state index in [0.717, 1.165) is 0 Å². The minimum atomic E-state index is -0.807. The number of benzene rings is 1. The van der Waals surface area contributed by atoms with Crippen molar-refractivity contribution in [1.29, 1.82) is 10.5 Å². The molecular formula is C13H2Cl2N2O3. The van der Waals surface area contributed by atoms with Crippen molar-refractivity contribution in [1.82, 2.24) is 0 Å². The third-order valence-electron chi connectivity index (χ3n) is 2.81. The lowest BCUT2D eigenvalue weighted by molar-refractivity contribution is 0.563. The highest BCUT2D eigenvalue weighted by Crippen LogP contribution is 2.36. The van der Waals surface area contributed by atoms with Crippen molar-refractivity contribution in [3.8, 4) is 12.1 Å². The van der Waals surface area contributed by atoms with Gasteiger partial charge in [0.05, 0.1) is 15.4 Å². The van der Waals surface area contributed by atoms with E-state index in [9.17, 15) is 4.79 Å². The fourth-order valence-electron chi connectivity index (χ4n) is 1.98. The van der Waals surface area contributed by atoms with Gasteiger partial charge in [-0.05, 0) is 12.1 Å². The summed E-state index contributed by atoms with van der Waals surface area (Å²) >= 11 is 12.0. The Bertz CT molecular complexity index is 1020. The van der Waals surface area contributed by atoms with Gasteiger partial charge in [-0.1, -0.05) is 23.2 Å². The van der Waals surface area contributed by atoms with Gasteiger partial charge < -0.3 is 8.83 Å². The Morgan fingerprint density at radius 1 is 0.950 bits per heavy atom. The SMILES string of the molecule is N#Cc1oc2c(c1C#N)c(=O)oc1c(Cl)ccc(Cl)c12. The number of rotatable bonds is 0. The summed E-state index contributed by atoms with van der Waals surface area (Å²) in [5.41, 5.74) is -0.899. The van der Waals surface area contributed by atoms with Crippen LogP contribution < -0.4 is 5.63 Å². The Labute approximate surface area is 121 Å². The number of fused-ring (bicyclic) bond motifs is 3. The van der Waals surface area contributed by atoms with Crippen LogP contribution in [0.4, 0.5) is 0 Å². The molecule has 0 fully saturated rings. The zero-order valence-corrected chi connectivity index (χ0v) is 11.0. The monoisotopic (exact) mass is 304 g/mol. The maximum Gasteiger partial charge on any atom is 0.348 e. The van der Waals surface area contributed by atoms with Gasteiger partial charge >= 0.3 is 5.63 Å². The van der Waals surface area contributed by atoms with E-state index < -0.39 is 5.63 Å². The highest BCUT2D eigenvalue weighted by atomic mass is 35.5. The van der Waals surface area contributed by atoms with Crippen LogP contribution in [0.15, 0.2) is 25.8 Å². The molecule has 2 heterocycles. The summed E-state index contributed by atoms with van der Waals surface area (Å²) in [7, 11) is 0. The first-order valence-corrected chi connectivity index (χ1v) is 6.01. The van der Waals surface area contributed by atoms with Crippen LogP contribution in [0.2, 0.25) is 10.0 Å². The summed E-state index contributed by atoms with van der Waals surface area (Å²) in [6.07, 6.45) is 0. The molecule has 96 valence electrons. The highest BCUT2D eigenvalue weighted by molar-refractivity contribution is 6.41. The van der Waals surface area contributed by atoms with Crippen LogP contribution in [0.5, 0.6) is 0 Å². The molecule has 0 N–H and O–H groups in total. The molecule has 7 heteroatoms. The van der Waals surface area contributed by atoms with Gasteiger partial charge in [0, 0.05) is 0 Å². The average Bonchev–Trinajstić information content (AvgIpc) is 2.82. The molecule has 0 aliphatic heterocycles. The van der Waals surface area contributed by atoms with Crippen LogP contribution in [0.3, 0.4) is 0 Å². The van der Waals surface area contributed by atoms with Crippen LogP contribution in [0, 0.1) is 22.7 Å². The lowest BCUT2D eigenvalue weighted by atomic mass is 10.1. The van der Waals surface area contributed by atoms with E-state index in [1.807, 2.05) is 0 Å². The molecule has 3 rings (SSSR count). The first-order chi connectivity index (χ1) is 9.58. The molecule has 0 bridgehead atoms. The summed E-state index contributed by atoms with van der Waals surface area (Å²) in [5, 5.41) is 18.6. The fraction of sp³-hybridized carbons (Fsp3) is 0. The molecule has 0 spiro atoms. The summed E-state index contributed by atoms with van der Waals surface area (Å²) in [6, 6.07) is 6.45. The summed E-state index contributed by atoms with van der Waals surface area (Å²) in [4.78, 5) is 12.0. The van der Waals surface area contributed by atoms with Crippen molar-refractivity contribution >= 4 is 45.1 Å². The van der Waals surface area contributed by atoms with E-state index in [1.165, 1.54) is 12.1 Å². The molecule has 0 unspecified atom stereocenters. The minimum absolute atomic E-state index is 0.0249. The highest BCUT2D eigenvalue weighted by Gasteiger charge is 2.23. The zero-order chi connectivity index (χ0) is 14.4. The van der Waals surface area contributed by atoms with E-state index in [4.69, 9.17) is 42.6 Å². The Morgan fingerprint density at radius 2 is 1.65 bits per heavy atom. The van der Waals surface area contributed by atoms with Crippen molar-refractivity contribution in [3.05, 3.63) is 43.9 Å². The molecule has 0 amide bonds. The zero-order valence-electron chi connectivity index (χ0n) is 9.53. The summed E-state index contributed by atoms with van der Waals surface area (Å²) in [5.74, 6) is -0.265. The number of furan rings is 1. The molecule has 3 aromatic rings. The van der Waals surface area contributed by atoms with Gasteiger partial charge in [0.25, 0.3) is 0 Å². The average molecular weight is 305 g/mol. The third-order valence-corrected chi connectivity index (χ3v) is 3.42. The molecule has 1 aromatic carbocycles. The number of hydrogen-bond donors (Lipinski definition) is 0. The maximum absolute atomic E-state index is 12.0. The van der Waals surface area contributed by atoms with E-state index in [0.29, 0.717) is 0 Å². The van der Waals surface area contributed by atoms with Crippen LogP contribution in [-0.2, 0) is 0 Å². The largest absolute Gasteiger partial charge is 0.443 e. The van der Waals surface area contributed by atoms with Crippen molar-refractivity contribution in [3.63, 3.8) is 0 Å².